The molecule has 1 aliphatic heterocycles. The van der Waals surface area contributed by atoms with Gasteiger partial charge in [0, 0.05) is 24.3 Å². The van der Waals surface area contributed by atoms with Gasteiger partial charge < -0.3 is 4.90 Å². The minimum Gasteiger partial charge on any atom is -0.339 e. The summed E-state index contributed by atoms with van der Waals surface area (Å²) in [5.41, 5.74) is 2.90. The predicted octanol–water partition coefficient (Wildman–Crippen LogP) is 4.62. The fourth-order valence-electron chi connectivity index (χ4n) is 3.64. The van der Waals surface area contributed by atoms with Crippen LogP contribution >= 0.6 is 11.6 Å². The molecule has 1 fully saturated rings. The largest absolute Gasteiger partial charge is 0.339 e. The monoisotopic (exact) mass is 379 g/mol. The van der Waals surface area contributed by atoms with Crippen LogP contribution in [0.5, 0.6) is 0 Å². The van der Waals surface area contributed by atoms with Gasteiger partial charge >= 0.3 is 0 Å². The quantitative estimate of drug-likeness (QED) is 0.663. The molecular weight excluding hydrogens is 358 g/mol. The zero-order valence-corrected chi connectivity index (χ0v) is 15.8. The number of likely N-dealkylation sites (tertiary alicyclic amines) is 1. The summed E-state index contributed by atoms with van der Waals surface area (Å²) in [5, 5.41) is 5.01. The van der Waals surface area contributed by atoms with E-state index in [0.717, 1.165) is 38.0 Å². The molecule has 0 radical (unpaired) electrons. The molecule has 0 unspecified atom stereocenters. The summed E-state index contributed by atoms with van der Waals surface area (Å²) in [6, 6.07) is 18.0. The summed E-state index contributed by atoms with van der Waals surface area (Å²) >= 11 is 5.93. The van der Waals surface area contributed by atoms with Crippen molar-refractivity contribution in [3.63, 3.8) is 0 Å². The van der Waals surface area contributed by atoms with Crippen molar-refractivity contribution >= 4 is 17.5 Å². The third-order valence-electron chi connectivity index (χ3n) is 5.19. The van der Waals surface area contributed by atoms with E-state index in [0.29, 0.717) is 16.5 Å². The van der Waals surface area contributed by atoms with Crippen LogP contribution in [0.4, 0.5) is 0 Å². The van der Waals surface area contributed by atoms with Gasteiger partial charge in [0.1, 0.15) is 0 Å². The first-order valence-electron chi connectivity index (χ1n) is 9.33. The standard InChI is InChI=1S/C22H22ClN3O/c23-20-6-8-21(9-7-20)26-16-19(15-24-26)22(27)25-12-10-18(11-13-25)14-17-4-2-1-3-5-17/h1-9,15-16,18H,10-14H2. The zero-order valence-electron chi connectivity index (χ0n) is 15.1. The molecule has 1 amide bonds. The molecule has 4 nitrogen and oxygen atoms in total. The van der Waals surface area contributed by atoms with Crippen LogP contribution in [0.1, 0.15) is 28.8 Å². The number of rotatable bonds is 4. The van der Waals surface area contributed by atoms with Gasteiger partial charge in [0.25, 0.3) is 5.91 Å². The topological polar surface area (TPSA) is 38.1 Å². The van der Waals surface area contributed by atoms with Crippen molar-refractivity contribution in [3.05, 3.63) is 83.1 Å². The number of piperidine rings is 1. The number of amides is 1. The number of nitrogens with zero attached hydrogens (tertiary/aromatic N) is 3. The van der Waals surface area contributed by atoms with Gasteiger partial charge in [-0.1, -0.05) is 41.9 Å². The Bertz CT molecular complexity index is 897. The summed E-state index contributed by atoms with van der Waals surface area (Å²) in [5.74, 6) is 0.710. The van der Waals surface area contributed by atoms with Crippen LogP contribution in [0.25, 0.3) is 5.69 Å². The van der Waals surface area contributed by atoms with Crippen LogP contribution in [-0.4, -0.2) is 33.7 Å². The molecule has 0 N–H and O–H groups in total. The van der Waals surface area contributed by atoms with Crippen LogP contribution in [0.2, 0.25) is 5.02 Å². The van der Waals surface area contributed by atoms with E-state index in [1.807, 2.05) is 29.2 Å². The number of aromatic nitrogens is 2. The molecule has 2 heterocycles. The minimum absolute atomic E-state index is 0.0633. The lowest BCUT2D eigenvalue weighted by atomic mass is 9.90. The maximum Gasteiger partial charge on any atom is 0.257 e. The van der Waals surface area contributed by atoms with Gasteiger partial charge in [-0.25, -0.2) is 4.68 Å². The Kier molecular flexibility index (Phi) is 5.26. The molecule has 5 heteroatoms. The Morgan fingerprint density at radius 1 is 1.04 bits per heavy atom. The first-order chi connectivity index (χ1) is 13.2. The van der Waals surface area contributed by atoms with Gasteiger partial charge in [-0.15, -0.1) is 0 Å². The molecule has 0 bridgehead atoms. The second kappa shape index (κ2) is 7.97. The van der Waals surface area contributed by atoms with Crippen molar-refractivity contribution < 1.29 is 4.79 Å². The molecule has 0 aliphatic carbocycles. The molecular formula is C22H22ClN3O. The summed E-state index contributed by atoms with van der Waals surface area (Å²) in [4.78, 5) is 14.8. The van der Waals surface area contributed by atoms with E-state index in [9.17, 15) is 4.79 Å². The highest BCUT2D eigenvalue weighted by Gasteiger charge is 2.24. The number of benzene rings is 2. The number of halogens is 1. The minimum atomic E-state index is 0.0633. The Balaban J connectivity index is 1.36. The van der Waals surface area contributed by atoms with Crippen molar-refractivity contribution in [3.8, 4) is 5.69 Å². The van der Waals surface area contributed by atoms with Gasteiger partial charge in [-0.2, -0.15) is 5.10 Å². The second-order valence-corrected chi connectivity index (χ2v) is 7.51. The Morgan fingerprint density at radius 2 is 1.74 bits per heavy atom. The van der Waals surface area contributed by atoms with Crippen LogP contribution in [0, 0.1) is 5.92 Å². The first-order valence-corrected chi connectivity index (χ1v) is 9.70. The van der Waals surface area contributed by atoms with Crippen molar-refractivity contribution in [2.24, 2.45) is 5.92 Å². The Hall–Kier alpha value is -2.59. The molecule has 1 saturated heterocycles. The molecule has 2 aromatic carbocycles. The van der Waals surface area contributed by atoms with E-state index in [1.54, 1.807) is 17.1 Å². The van der Waals surface area contributed by atoms with E-state index in [2.05, 4.69) is 35.4 Å². The lowest BCUT2D eigenvalue weighted by Crippen LogP contribution is -2.38. The van der Waals surface area contributed by atoms with Gasteiger partial charge in [-0.3, -0.25) is 4.79 Å². The molecule has 1 aromatic heterocycles. The maximum absolute atomic E-state index is 12.8. The average Bonchev–Trinajstić information content (AvgIpc) is 3.20. The average molecular weight is 380 g/mol. The number of carbonyl (C=O) groups excluding carboxylic acids is 1. The number of carbonyl (C=O) groups is 1. The van der Waals surface area contributed by atoms with Gasteiger partial charge in [-0.05, 0) is 55.0 Å². The lowest BCUT2D eigenvalue weighted by Gasteiger charge is -2.31. The molecule has 1 aliphatic rings. The van der Waals surface area contributed by atoms with E-state index in [1.165, 1.54) is 5.56 Å². The number of hydrogen-bond donors (Lipinski definition) is 0. The van der Waals surface area contributed by atoms with Crippen LogP contribution in [-0.2, 0) is 6.42 Å². The molecule has 4 rings (SSSR count). The fraction of sp³-hybridized carbons (Fsp3) is 0.273. The smallest absolute Gasteiger partial charge is 0.257 e. The second-order valence-electron chi connectivity index (χ2n) is 7.08. The fourth-order valence-corrected chi connectivity index (χ4v) is 3.76. The summed E-state index contributed by atoms with van der Waals surface area (Å²) < 4.78 is 1.71. The molecule has 138 valence electrons. The van der Waals surface area contributed by atoms with Gasteiger partial charge in [0.05, 0.1) is 17.4 Å². The van der Waals surface area contributed by atoms with Crippen molar-refractivity contribution in [1.82, 2.24) is 14.7 Å². The summed E-state index contributed by atoms with van der Waals surface area (Å²) in [6.07, 6.45) is 6.63. The normalized spacial score (nSPS) is 15.1. The summed E-state index contributed by atoms with van der Waals surface area (Å²) in [7, 11) is 0. The SMILES string of the molecule is O=C(c1cnn(-c2ccc(Cl)cc2)c1)N1CCC(Cc2ccccc2)CC1. The zero-order chi connectivity index (χ0) is 18.6. The summed E-state index contributed by atoms with van der Waals surface area (Å²) in [6.45, 7) is 1.62. The van der Waals surface area contributed by atoms with Crippen LogP contribution in [0.3, 0.4) is 0 Å². The molecule has 0 saturated carbocycles. The number of hydrogen-bond acceptors (Lipinski definition) is 2. The molecule has 0 spiro atoms. The molecule has 27 heavy (non-hydrogen) atoms. The third-order valence-corrected chi connectivity index (χ3v) is 5.44. The third kappa shape index (κ3) is 4.22. The van der Waals surface area contributed by atoms with Crippen LogP contribution in [0.15, 0.2) is 67.0 Å². The Labute approximate surface area is 164 Å². The highest BCUT2D eigenvalue weighted by molar-refractivity contribution is 6.30. The van der Waals surface area contributed by atoms with E-state index < -0.39 is 0 Å². The first kappa shape index (κ1) is 17.8. The van der Waals surface area contributed by atoms with E-state index in [4.69, 9.17) is 11.6 Å². The van der Waals surface area contributed by atoms with E-state index in [-0.39, 0.29) is 5.91 Å². The van der Waals surface area contributed by atoms with Gasteiger partial charge in [0.15, 0.2) is 0 Å². The van der Waals surface area contributed by atoms with E-state index >= 15 is 0 Å². The highest BCUT2D eigenvalue weighted by Crippen LogP contribution is 2.23. The highest BCUT2D eigenvalue weighted by atomic mass is 35.5. The van der Waals surface area contributed by atoms with Crippen molar-refractivity contribution in [2.45, 2.75) is 19.3 Å². The molecule has 3 aromatic rings. The van der Waals surface area contributed by atoms with Crippen molar-refractivity contribution in [1.29, 1.82) is 0 Å². The van der Waals surface area contributed by atoms with Gasteiger partial charge in [0.2, 0.25) is 0 Å². The predicted molar refractivity (Wildman–Crippen MR) is 107 cm³/mol. The van der Waals surface area contributed by atoms with Crippen molar-refractivity contribution in [2.75, 3.05) is 13.1 Å². The molecule has 0 atom stereocenters. The Morgan fingerprint density at radius 3 is 2.44 bits per heavy atom. The van der Waals surface area contributed by atoms with Crippen LogP contribution < -0.4 is 0 Å². The maximum atomic E-state index is 12.8. The lowest BCUT2D eigenvalue weighted by molar-refractivity contribution is 0.0690.